The molecule has 6 nitrogen and oxygen atoms in total. The van der Waals surface area contributed by atoms with Crippen LogP contribution >= 0.6 is 15.9 Å². The van der Waals surface area contributed by atoms with Gasteiger partial charge in [-0.1, -0.05) is 22.0 Å². The second-order valence-corrected chi connectivity index (χ2v) is 7.92. The predicted molar refractivity (Wildman–Crippen MR) is 95.9 cm³/mol. The molecule has 2 aromatic carbocycles. The SMILES string of the molecule is O=[N+]([O-])c1ccc(S(=O)(=O)c2ccc(Br)c(-c3ccccn3)c2)cc1. The van der Waals surface area contributed by atoms with Crippen molar-refractivity contribution in [2.45, 2.75) is 9.79 Å². The molecule has 0 N–H and O–H groups in total. The molecule has 0 saturated carbocycles. The van der Waals surface area contributed by atoms with Crippen molar-refractivity contribution in [2.75, 3.05) is 0 Å². The van der Waals surface area contributed by atoms with Crippen LogP contribution in [0, 0.1) is 10.1 Å². The first-order valence-electron chi connectivity index (χ1n) is 7.10. The van der Waals surface area contributed by atoms with E-state index >= 15 is 0 Å². The molecule has 0 aliphatic rings. The van der Waals surface area contributed by atoms with E-state index in [0.717, 1.165) is 0 Å². The number of hydrogen-bond donors (Lipinski definition) is 0. The van der Waals surface area contributed by atoms with Gasteiger partial charge in [0.2, 0.25) is 9.84 Å². The topological polar surface area (TPSA) is 90.2 Å². The van der Waals surface area contributed by atoms with Gasteiger partial charge in [-0.25, -0.2) is 8.42 Å². The Bertz CT molecular complexity index is 1040. The molecule has 0 amide bonds. The standard InChI is InChI=1S/C17H11BrN2O4S/c18-16-9-8-14(11-15(16)17-3-1-2-10-19-17)25(23,24)13-6-4-12(5-7-13)20(21)22/h1-11H. The first-order chi connectivity index (χ1) is 11.9. The molecule has 3 rings (SSSR count). The van der Waals surface area contributed by atoms with Crippen LogP contribution in [-0.4, -0.2) is 18.3 Å². The third kappa shape index (κ3) is 3.45. The van der Waals surface area contributed by atoms with Gasteiger partial charge >= 0.3 is 0 Å². The van der Waals surface area contributed by atoms with E-state index in [0.29, 0.717) is 15.7 Å². The zero-order valence-corrected chi connectivity index (χ0v) is 15.1. The Hall–Kier alpha value is -2.58. The maximum Gasteiger partial charge on any atom is 0.269 e. The Morgan fingerprint density at radius 3 is 2.24 bits per heavy atom. The third-order valence-electron chi connectivity index (χ3n) is 3.55. The van der Waals surface area contributed by atoms with Gasteiger partial charge in [-0.05, 0) is 42.5 Å². The van der Waals surface area contributed by atoms with E-state index in [4.69, 9.17) is 0 Å². The fourth-order valence-corrected chi connectivity index (χ4v) is 4.01. The van der Waals surface area contributed by atoms with Crippen LogP contribution in [0.2, 0.25) is 0 Å². The molecular formula is C17H11BrN2O4S. The normalized spacial score (nSPS) is 11.2. The number of benzene rings is 2. The molecule has 0 fully saturated rings. The van der Waals surface area contributed by atoms with Gasteiger partial charge in [0.25, 0.3) is 5.69 Å². The van der Waals surface area contributed by atoms with E-state index in [9.17, 15) is 18.5 Å². The first kappa shape index (κ1) is 17.2. The number of nitro benzene ring substituents is 1. The Morgan fingerprint density at radius 2 is 1.64 bits per heavy atom. The zero-order chi connectivity index (χ0) is 18.0. The Kier molecular flexibility index (Phi) is 4.65. The fraction of sp³-hybridized carbons (Fsp3) is 0. The molecule has 0 radical (unpaired) electrons. The summed E-state index contributed by atoms with van der Waals surface area (Å²) in [5.74, 6) is 0. The van der Waals surface area contributed by atoms with Crippen LogP contribution in [0.1, 0.15) is 0 Å². The smallest absolute Gasteiger partial charge is 0.258 e. The van der Waals surface area contributed by atoms with Gasteiger partial charge in [0.1, 0.15) is 0 Å². The lowest BCUT2D eigenvalue weighted by molar-refractivity contribution is -0.384. The molecule has 0 bridgehead atoms. The summed E-state index contributed by atoms with van der Waals surface area (Å²) in [4.78, 5) is 14.5. The van der Waals surface area contributed by atoms with Crippen molar-refractivity contribution < 1.29 is 13.3 Å². The molecule has 25 heavy (non-hydrogen) atoms. The predicted octanol–water partition coefficient (Wildman–Crippen LogP) is 4.25. The molecule has 1 heterocycles. The summed E-state index contributed by atoms with van der Waals surface area (Å²) in [6.07, 6.45) is 1.62. The van der Waals surface area contributed by atoms with Gasteiger partial charge in [0.15, 0.2) is 0 Å². The first-order valence-corrected chi connectivity index (χ1v) is 9.38. The quantitative estimate of drug-likeness (QED) is 0.466. The maximum atomic E-state index is 12.8. The summed E-state index contributed by atoms with van der Waals surface area (Å²) in [7, 11) is -3.80. The number of non-ortho nitro benzene ring substituents is 1. The molecular weight excluding hydrogens is 408 g/mol. The van der Waals surface area contributed by atoms with E-state index in [1.807, 2.05) is 6.07 Å². The zero-order valence-electron chi connectivity index (χ0n) is 12.7. The van der Waals surface area contributed by atoms with Crippen LogP contribution in [0.3, 0.4) is 0 Å². The second-order valence-electron chi connectivity index (χ2n) is 5.11. The molecule has 1 aromatic heterocycles. The Labute approximate surface area is 152 Å². The number of nitro groups is 1. The van der Waals surface area contributed by atoms with Crippen molar-refractivity contribution in [1.82, 2.24) is 4.98 Å². The lowest BCUT2D eigenvalue weighted by Crippen LogP contribution is -2.03. The third-order valence-corrected chi connectivity index (χ3v) is 6.01. The molecule has 0 unspecified atom stereocenters. The van der Waals surface area contributed by atoms with Crippen LogP contribution in [0.15, 0.2) is 81.1 Å². The Morgan fingerprint density at radius 1 is 0.960 bits per heavy atom. The molecule has 0 aliphatic carbocycles. The lowest BCUT2D eigenvalue weighted by atomic mass is 10.1. The number of sulfone groups is 1. The molecule has 0 atom stereocenters. The van der Waals surface area contributed by atoms with E-state index < -0.39 is 14.8 Å². The maximum absolute atomic E-state index is 12.8. The number of nitrogens with zero attached hydrogens (tertiary/aromatic N) is 2. The fourth-order valence-electron chi connectivity index (χ4n) is 2.27. The summed E-state index contributed by atoms with van der Waals surface area (Å²) >= 11 is 3.41. The van der Waals surface area contributed by atoms with Crippen LogP contribution in [0.5, 0.6) is 0 Å². The van der Waals surface area contributed by atoms with Crippen molar-refractivity contribution in [3.8, 4) is 11.3 Å². The summed E-state index contributed by atoms with van der Waals surface area (Å²) in [6.45, 7) is 0. The number of pyridine rings is 1. The minimum atomic E-state index is -3.80. The van der Waals surface area contributed by atoms with Crippen molar-refractivity contribution in [1.29, 1.82) is 0 Å². The Balaban J connectivity index is 2.07. The van der Waals surface area contributed by atoms with Crippen molar-refractivity contribution in [2.24, 2.45) is 0 Å². The van der Waals surface area contributed by atoms with Gasteiger partial charge in [0, 0.05) is 28.4 Å². The van der Waals surface area contributed by atoms with Crippen LogP contribution in [-0.2, 0) is 9.84 Å². The van der Waals surface area contributed by atoms with Gasteiger partial charge < -0.3 is 0 Å². The highest BCUT2D eigenvalue weighted by molar-refractivity contribution is 9.10. The summed E-state index contributed by atoms with van der Waals surface area (Å²) in [5, 5.41) is 10.7. The summed E-state index contributed by atoms with van der Waals surface area (Å²) < 4.78 is 26.3. The highest BCUT2D eigenvalue weighted by Gasteiger charge is 2.20. The minimum Gasteiger partial charge on any atom is -0.258 e. The van der Waals surface area contributed by atoms with Gasteiger partial charge in [-0.15, -0.1) is 0 Å². The monoisotopic (exact) mass is 418 g/mol. The lowest BCUT2D eigenvalue weighted by Gasteiger charge is -2.09. The average Bonchev–Trinajstić information content (AvgIpc) is 2.62. The van der Waals surface area contributed by atoms with Gasteiger partial charge in [-0.3, -0.25) is 15.1 Å². The van der Waals surface area contributed by atoms with Gasteiger partial charge in [-0.2, -0.15) is 0 Å². The van der Waals surface area contributed by atoms with E-state index in [2.05, 4.69) is 20.9 Å². The van der Waals surface area contributed by atoms with Crippen LogP contribution < -0.4 is 0 Å². The molecule has 0 spiro atoms. The summed E-state index contributed by atoms with van der Waals surface area (Å²) in [6, 6.07) is 14.8. The number of aromatic nitrogens is 1. The molecule has 8 heteroatoms. The van der Waals surface area contributed by atoms with Crippen LogP contribution in [0.25, 0.3) is 11.3 Å². The van der Waals surface area contributed by atoms with Crippen molar-refractivity contribution in [3.05, 3.63) is 81.4 Å². The second kappa shape index (κ2) is 6.73. The van der Waals surface area contributed by atoms with E-state index in [1.54, 1.807) is 24.4 Å². The number of hydrogen-bond acceptors (Lipinski definition) is 5. The van der Waals surface area contributed by atoms with Gasteiger partial charge in [0.05, 0.1) is 20.4 Å². The number of halogens is 1. The highest BCUT2D eigenvalue weighted by Crippen LogP contribution is 2.31. The van der Waals surface area contributed by atoms with Crippen molar-refractivity contribution in [3.63, 3.8) is 0 Å². The van der Waals surface area contributed by atoms with E-state index in [1.165, 1.54) is 36.4 Å². The largest absolute Gasteiger partial charge is 0.269 e. The minimum absolute atomic E-state index is 0.00704. The highest BCUT2D eigenvalue weighted by atomic mass is 79.9. The molecule has 3 aromatic rings. The molecule has 0 saturated heterocycles. The molecule has 0 aliphatic heterocycles. The number of rotatable bonds is 4. The van der Waals surface area contributed by atoms with E-state index in [-0.39, 0.29) is 15.5 Å². The summed E-state index contributed by atoms with van der Waals surface area (Å²) in [5.41, 5.74) is 1.11. The molecule has 126 valence electrons. The van der Waals surface area contributed by atoms with Crippen molar-refractivity contribution >= 4 is 31.5 Å². The van der Waals surface area contributed by atoms with Crippen LogP contribution in [0.4, 0.5) is 5.69 Å². The average molecular weight is 419 g/mol.